The average molecular weight is 448 g/mol. The van der Waals surface area contributed by atoms with Gasteiger partial charge in [-0.05, 0) is 44.2 Å². The molecule has 0 aliphatic rings. The molecule has 162 valence electrons. The van der Waals surface area contributed by atoms with Crippen molar-refractivity contribution in [2.45, 2.75) is 39.6 Å². The summed E-state index contributed by atoms with van der Waals surface area (Å²) in [6.45, 7) is 5.83. The summed E-state index contributed by atoms with van der Waals surface area (Å²) in [5, 5.41) is 3.66. The summed E-state index contributed by atoms with van der Waals surface area (Å²) in [6.07, 6.45) is -4.34. The van der Waals surface area contributed by atoms with Gasteiger partial charge in [-0.3, -0.25) is 4.79 Å². The molecular formula is C21H19F3N4O2S. The molecule has 31 heavy (non-hydrogen) atoms. The number of carbonyl (C=O) groups is 1. The van der Waals surface area contributed by atoms with Crippen LogP contribution in [0.5, 0.6) is 5.75 Å². The van der Waals surface area contributed by atoms with E-state index in [1.807, 2.05) is 31.4 Å². The molecular weight excluding hydrogens is 429 g/mol. The largest absolute Gasteiger partial charge is 0.573 e. The number of aromatic nitrogens is 3. The van der Waals surface area contributed by atoms with Crippen molar-refractivity contribution in [3.8, 4) is 5.75 Å². The third-order valence-electron chi connectivity index (χ3n) is 4.66. The molecule has 4 aromatic rings. The first-order valence-corrected chi connectivity index (χ1v) is 10.4. The zero-order valence-electron chi connectivity index (χ0n) is 16.9. The van der Waals surface area contributed by atoms with Crippen molar-refractivity contribution < 1.29 is 22.7 Å². The van der Waals surface area contributed by atoms with Gasteiger partial charge in [-0.2, -0.15) is 0 Å². The molecule has 0 amide bonds. The topological polar surface area (TPSA) is 69.0 Å². The summed E-state index contributed by atoms with van der Waals surface area (Å²) in [6, 6.07) is 9.51. The van der Waals surface area contributed by atoms with Gasteiger partial charge in [0, 0.05) is 24.1 Å². The predicted molar refractivity (Wildman–Crippen MR) is 114 cm³/mol. The summed E-state index contributed by atoms with van der Waals surface area (Å²) in [4.78, 5) is 21.1. The number of nitrogens with one attached hydrogen (secondary N) is 1. The van der Waals surface area contributed by atoms with Gasteiger partial charge in [-0.15, -0.1) is 13.2 Å². The van der Waals surface area contributed by atoms with E-state index in [9.17, 15) is 18.0 Å². The van der Waals surface area contributed by atoms with E-state index in [4.69, 9.17) is 0 Å². The number of ketones is 1. The molecule has 0 bridgehead atoms. The van der Waals surface area contributed by atoms with Gasteiger partial charge in [0.15, 0.2) is 10.9 Å². The predicted octanol–water partition coefficient (Wildman–Crippen LogP) is 6.46. The highest BCUT2D eigenvalue weighted by Crippen LogP contribution is 2.34. The van der Waals surface area contributed by atoms with Crippen LogP contribution in [0.4, 0.5) is 24.3 Å². The third kappa shape index (κ3) is 4.34. The fourth-order valence-corrected chi connectivity index (χ4v) is 4.23. The summed E-state index contributed by atoms with van der Waals surface area (Å²) < 4.78 is 43.9. The standard InChI is InChI=1S/C21H19F3N4O2S/c1-4-17(29)12-5-8-16-15(9-12)25-19(28(16)11(2)3)27-20-26-14-7-6-13(10-18(14)31-20)30-21(22,23)24/h5-11H,4H2,1-3H3,(H,25,26,27). The maximum Gasteiger partial charge on any atom is 0.573 e. The van der Waals surface area contributed by atoms with Crippen molar-refractivity contribution in [3.63, 3.8) is 0 Å². The highest BCUT2D eigenvalue weighted by Gasteiger charge is 2.31. The molecule has 4 rings (SSSR count). The third-order valence-corrected chi connectivity index (χ3v) is 5.59. The average Bonchev–Trinajstić information content (AvgIpc) is 3.25. The fourth-order valence-electron chi connectivity index (χ4n) is 3.34. The van der Waals surface area contributed by atoms with E-state index in [0.29, 0.717) is 38.8 Å². The van der Waals surface area contributed by atoms with Crippen LogP contribution in [-0.2, 0) is 0 Å². The molecule has 1 N–H and O–H groups in total. The number of nitrogens with zero attached hydrogens (tertiary/aromatic N) is 3. The highest BCUT2D eigenvalue weighted by molar-refractivity contribution is 7.22. The lowest BCUT2D eigenvalue weighted by Crippen LogP contribution is -2.16. The molecule has 0 saturated heterocycles. The normalized spacial score (nSPS) is 12.1. The van der Waals surface area contributed by atoms with E-state index >= 15 is 0 Å². The first-order valence-electron chi connectivity index (χ1n) is 9.63. The van der Waals surface area contributed by atoms with Gasteiger partial charge in [0.25, 0.3) is 0 Å². The van der Waals surface area contributed by atoms with E-state index in [0.717, 1.165) is 5.52 Å². The van der Waals surface area contributed by atoms with Crippen LogP contribution < -0.4 is 10.1 Å². The minimum atomic E-state index is -4.75. The van der Waals surface area contributed by atoms with Crippen LogP contribution in [0.2, 0.25) is 0 Å². The fraction of sp³-hybridized carbons (Fsp3) is 0.286. The second-order valence-corrected chi connectivity index (χ2v) is 8.23. The lowest BCUT2D eigenvalue weighted by Gasteiger charge is -2.13. The molecule has 0 atom stereocenters. The molecule has 10 heteroatoms. The Kier molecular flexibility index (Phi) is 5.34. The number of thiazole rings is 1. The zero-order valence-corrected chi connectivity index (χ0v) is 17.8. The quantitative estimate of drug-likeness (QED) is 0.343. The Morgan fingerprint density at radius 1 is 1.16 bits per heavy atom. The van der Waals surface area contributed by atoms with Crippen LogP contribution in [0, 0.1) is 0 Å². The lowest BCUT2D eigenvalue weighted by atomic mass is 10.1. The number of alkyl halides is 3. The molecule has 0 unspecified atom stereocenters. The molecule has 0 fully saturated rings. The molecule has 0 aliphatic heterocycles. The molecule has 0 aliphatic carbocycles. The van der Waals surface area contributed by atoms with Crippen LogP contribution >= 0.6 is 11.3 Å². The second-order valence-electron chi connectivity index (χ2n) is 7.20. The molecule has 6 nitrogen and oxygen atoms in total. The number of rotatable bonds is 6. The summed E-state index contributed by atoms with van der Waals surface area (Å²) in [7, 11) is 0. The Balaban J connectivity index is 1.70. The Hall–Kier alpha value is -3.14. The van der Waals surface area contributed by atoms with Gasteiger partial charge in [-0.1, -0.05) is 18.3 Å². The Morgan fingerprint density at radius 3 is 2.61 bits per heavy atom. The van der Waals surface area contributed by atoms with E-state index in [-0.39, 0.29) is 17.6 Å². The van der Waals surface area contributed by atoms with E-state index < -0.39 is 6.36 Å². The molecule has 0 radical (unpaired) electrons. The van der Waals surface area contributed by atoms with Crippen molar-refractivity contribution in [2.24, 2.45) is 0 Å². The maximum atomic E-state index is 12.5. The molecule has 0 saturated carbocycles. The minimum absolute atomic E-state index is 0.0403. The van der Waals surface area contributed by atoms with Gasteiger partial charge < -0.3 is 14.6 Å². The number of anilines is 2. The lowest BCUT2D eigenvalue weighted by molar-refractivity contribution is -0.274. The van der Waals surface area contributed by atoms with Crippen molar-refractivity contribution in [1.82, 2.24) is 14.5 Å². The number of hydrogen-bond donors (Lipinski definition) is 1. The number of hydrogen-bond acceptors (Lipinski definition) is 6. The Morgan fingerprint density at radius 2 is 1.94 bits per heavy atom. The molecule has 2 aromatic heterocycles. The number of fused-ring (bicyclic) bond motifs is 2. The SMILES string of the molecule is CCC(=O)c1ccc2c(c1)nc(Nc1nc3ccc(OC(F)(F)F)cc3s1)n2C(C)C. The highest BCUT2D eigenvalue weighted by atomic mass is 32.1. The van der Waals surface area contributed by atoms with Gasteiger partial charge in [-0.25, -0.2) is 9.97 Å². The molecule has 2 aromatic carbocycles. The second kappa shape index (κ2) is 7.84. The first kappa shape index (κ1) is 21.1. The minimum Gasteiger partial charge on any atom is -0.406 e. The Bertz CT molecular complexity index is 1280. The first-order chi connectivity index (χ1) is 14.6. The number of benzene rings is 2. The van der Waals surface area contributed by atoms with Crippen LogP contribution in [0.15, 0.2) is 36.4 Å². The zero-order chi connectivity index (χ0) is 22.3. The van der Waals surface area contributed by atoms with Crippen molar-refractivity contribution in [3.05, 3.63) is 42.0 Å². The van der Waals surface area contributed by atoms with Crippen LogP contribution in [0.25, 0.3) is 21.3 Å². The van der Waals surface area contributed by atoms with E-state index in [1.165, 1.54) is 29.5 Å². The van der Waals surface area contributed by atoms with Crippen LogP contribution in [0.1, 0.15) is 43.6 Å². The van der Waals surface area contributed by atoms with Crippen molar-refractivity contribution >= 4 is 49.4 Å². The number of imidazole rings is 1. The number of Topliss-reactive ketones (excluding diaryl/α,β-unsaturated/α-hetero) is 1. The number of halogens is 3. The number of ether oxygens (including phenoxy) is 1. The molecule has 0 spiro atoms. The summed E-state index contributed by atoms with van der Waals surface area (Å²) in [5.74, 6) is 0.285. The van der Waals surface area contributed by atoms with Gasteiger partial charge in [0.05, 0.1) is 21.3 Å². The molecule has 2 heterocycles. The van der Waals surface area contributed by atoms with Gasteiger partial charge in [0.2, 0.25) is 5.95 Å². The maximum absolute atomic E-state index is 12.5. The summed E-state index contributed by atoms with van der Waals surface area (Å²) in [5.41, 5.74) is 2.70. The monoisotopic (exact) mass is 448 g/mol. The smallest absolute Gasteiger partial charge is 0.406 e. The van der Waals surface area contributed by atoms with Crippen LogP contribution in [0.3, 0.4) is 0 Å². The van der Waals surface area contributed by atoms with E-state index in [1.54, 1.807) is 12.1 Å². The Labute approximate surface area is 179 Å². The van der Waals surface area contributed by atoms with Crippen molar-refractivity contribution in [1.29, 1.82) is 0 Å². The van der Waals surface area contributed by atoms with Gasteiger partial charge in [0.1, 0.15) is 5.75 Å². The van der Waals surface area contributed by atoms with E-state index in [2.05, 4.69) is 20.0 Å². The summed E-state index contributed by atoms with van der Waals surface area (Å²) >= 11 is 1.20. The van der Waals surface area contributed by atoms with Crippen LogP contribution in [-0.4, -0.2) is 26.7 Å². The van der Waals surface area contributed by atoms with Crippen molar-refractivity contribution in [2.75, 3.05) is 5.32 Å². The van der Waals surface area contributed by atoms with Gasteiger partial charge >= 0.3 is 6.36 Å². The number of carbonyl (C=O) groups excluding carboxylic acids is 1.